The molecule has 0 bridgehead atoms. The van der Waals surface area contributed by atoms with Gasteiger partial charge in [0.25, 0.3) is 0 Å². The second kappa shape index (κ2) is 12.0. The van der Waals surface area contributed by atoms with Gasteiger partial charge in [0.1, 0.15) is 24.4 Å². The van der Waals surface area contributed by atoms with Crippen LogP contribution in [0.3, 0.4) is 0 Å². The van der Waals surface area contributed by atoms with Crippen molar-refractivity contribution < 1.29 is 24.8 Å². The van der Waals surface area contributed by atoms with Crippen LogP contribution in [-0.4, -0.2) is 59.6 Å². The third kappa shape index (κ3) is 7.70. The zero-order valence-corrected chi connectivity index (χ0v) is 13.7. The number of rotatable bonds is 12. The van der Waals surface area contributed by atoms with Crippen molar-refractivity contribution in [2.24, 2.45) is 0 Å². The van der Waals surface area contributed by atoms with E-state index in [1.807, 2.05) is 0 Å². The summed E-state index contributed by atoms with van der Waals surface area (Å²) in [5.74, 6) is 0. The average molecular weight is 316 g/mol. The molecule has 0 aromatic heterocycles. The van der Waals surface area contributed by atoms with Crippen LogP contribution in [0, 0.1) is 0 Å². The van der Waals surface area contributed by atoms with Crippen molar-refractivity contribution in [3.05, 3.63) is 12.2 Å². The van der Waals surface area contributed by atoms with E-state index in [2.05, 4.69) is 19.1 Å². The molecule has 0 aromatic rings. The molecule has 0 aromatic carbocycles. The molecule has 1 aliphatic rings. The van der Waals surface area contributed by atoms with Gasteiger partial charge >= 0.3 is 0 Å². The summed E-state index contributed by atoms with van der Waals surface area (Å²) in [6.45, 7) is 2.99. The summed E-state index contributed by atoms with van der Waals surface area (Å²) in [6.07, 6.45) is 8.97. The first kappa shape index (κ1) is 19.6. The molecule has 0 amide bonds. The van der Waals surface area contributed by atoms with Crippen molar-refractivity contribution in [1.29, 1.82) is 0 Å². The minimum Gasteiger partial charge on any atom is -0.388 e. The predicted octanol–water partition coefficient (Wildman–Crippen LogP) is 1.79. The van der Waals surface area contributed by atoms with Crippen LogP contribution in [0.1, 0.15) is 51.9 Å². The van der Waals surface area contributed by atoms with E-state index in [9.17, 15) is 15.3 Å². The van der Waals surface area contributed by atoms with Gasteiger partial charge in [-0.25, -0.2) is 0 Å². The van der Waals surface area contributed by atoms with E-state index in [0.29, 0.717) is 6.61 Å². The molecule has 0 aliphatic carbocycles. The number of allylic oxidation sites excluding steroid dienone is 2. The van der Waals surface area contributed by atoms with Crippen LogP contribution in [0.15, 0.2) is 12.2 Å². The Balaban J connectivity index is 1.91. The SMILES string of the molecule is CCC/C=C/CCCCCCOC[C@H](O)[C@H]1OC[C@@H](O)[C@H]1O. The maximum absolute atomic E-state index is 9.85. The van der Waals surface area contributed by atoms with Crippen molar-refractivity contribution in [1.82, 2.24) is 0 Å². The third-order valence-corrected chi connectivity index (χ3v) is 3.89. The predicted molar refractivity (Wildman–Crippen MR) is 85.7 cm³/mol. The molecule has 22 heavy (non-hydrogen) atoms. The maximum atomic E-state index is 9.85. The molecule has 5 heteroatoms. The lowest BCUT2D eigenvalue weighted by atomic mass is 10.1. The van der Waals surface area contributed by atoms with Crippen LogP contribution in [0.4, 0.5) is 0 Å². The Bertz CT molecular complexity index is 295. The normalized spacial score (nSPS) is 26.8. The molecule has 0 spiro atoms. The second-order valence-corrected chi connectivity index (χ2v) is 5.96. The van der Waals surface area contributed by atoms with Crippen LogP contribution >= 0.6 is 0 Å². The standard InChI is InChI=1S/C17H32O5/c1-2-3-4-5-6-7-8-9-10-11-21-12-15(19)17-16(20)14(18)13-22-17/h4-5,14-20H,2-3,6-13H2,1H3/b5-4+/t14-,15+,16-,17-/m1/s1. The Morgan fingerprint density at radius 1 is 1.14 bits per heavy atom. The lowest BCUT2D eigenvalue weighted by Gasteiger charge is -2.20. The monoisotopic (exact) mass is 316 g/mol. The smallest absolute Gasteiger partial charge is 0.114 e. The number of aliphatic hydroxyl groups excluding tert-OH is 3. The maximum Gasteiger partial charge on any atom is 0.114 e. The van der Waals surface area contributed by atoms with Crippen molar-refractivity contribution in [3.8, 4) is 0 Å². The molecule has 1 saturated heterocycles. The van der Waals surface area contributed by atoms with Crippen LogP contribution in [0.5, 0.6) is 0 Å². The molecule has 1 heterocycles. The van der Waals surface area contributed by atoms with Crippen LogP contribution < -0.4 is 0 Å². The van der Waals surface area contributed by atoms with Gasteiger partial charge in [-0.2, -0.15) is 0 Å². The van der Waals surface area contributed by atoms with Gasteiger partial charge in [0.2, 0.25) is 0 Å². The summed E-state index contributed by atoms with van der Waals surface area (Å²) in [5.41, 5.74) is 0. The second-order valence-electron chi connectivity index (χ2n) is 5.96. The van der Waals surface area contributed by atoms with Crippen molar-refractivity contribution >= 4 is 0 Å². The zero-order valence-electron chi connectivity index (χ0n) is 13.7. The van der Waals surface area contributed by atoms with Gasteiger partial charge in [0.05, 0.1) is 13.2 Å². The molecule has 1 fully saturated rings. The van der Waals surface area contributed by atoms with E-state index in [4.69, 9.17) is 9.47 Å². The minimum atomic E-state index is -1.03. The summed E-state index contributed by atoms with van der Waals surface area (Å²) in [4.78, 5) is 0. The topological polar surface area (TPSA) is 79.2 Å². The first-order valence-electron chi connectivity index (χ1n) is 8.55. The number of hydrogen-bond acceptors (Lipinski definition) is 5. The fraction of sp³-hybridized carbons (Fsp3) is 0.882. The Labute approximate surface area is 133 Å². The fourth-order valence-electron chi connectivity index (χ4n) is 2.49. The molecule has 0 saturated carbocycles. The quantitative estimate of drug-likeness (QED) is 0.378. The number of unbranched alkanes of at least 4 members (excludes halogenated alkanes) is 5. The fourth-order valence-corrected chi connectivity index (χ4v) is 2.49. The van der Waals surface area contributed by atoms with Gasteiger partial charge < -0.3 is 24.8 Å². The van der Waals surface area contributed by atoms with Crippen LogP contribution in [0.25, 0.3) is 0 Å². The lowest BCUT2D eigenvalue weighted by Crippen LogP contribution is -2.40. The molecular formula is C17H32O5. The van der Waals surface area contributed by atoms with E-state index in [-0.39, 0.29) is 13.2 Å². The molecule has 130 valence electrons. The van der Waals surface area contributed by atoms with Crippen LogP contribution in [-0.2, 0) is 9.47 Å². The highest BCUT2D eigenvalue weighted by Gasteiger charge is 2.39. The van der Waals surface area contributed by atoms with E-state index < -0.39 is 24.4 Å². The molecule has 1 aliphatic heterocycles. The molecular weight excluding hydrogens is 284 g/mol. The molecule has 0 radical (unpaired) electrons. The first-order valence-corrected chi connectivity index (χ1v) is 8.55. The molecule has 5 nitrogen and oxygen atoms in total. The molecule has 1 rings (SSSR count). The van der Waals surface area contributed by atoms with Gasteiger partial charge in [0, 0.05) is 6.61 Å². The number of ether oxygens (including phenoxy) is 2. The Hall–Kier alpha value is -0.460. The highest BCUT2D eigenvalue weighted by Crippen LogP contribution is 2.17. The van der Waals surface area contributed by atoms with Gasteiger partial charge in [-0.05, 0) is 25.7 Å². The van der Waals surface area contributed by atoms with E-state index >= 15 is 0 Å². The van der Waals surface area contributed by atoms with Crippen LogP contribution in [0.2, 0.25) is 0 Å². The number of hydrogen-bond donors (Lipinski definition) is 3. The summed E-state index contributed by atoms with van der Waals surface area (Å²) in [6, 6.07) is 0. The average Bonchev–Trinajstić information content (AvgIpc) is 2.84. The van der Waals surface area contributed by atoms with Gasteiger partial charge in [-0.3, -0.25) is 0 Å². The highest BCUT2D eigenvalue weighted by atomic mass is 16.5. The van der Waals surface area contributed by atoms with Gasteiger partial charge in [0.15, 0.2) is 0 Å². The summed E-state index contributed by atoms with van der Waals surface area (Å²) in [7, 11) is 0. The van der Waals surface area contributed by atoms with Crippen molar-refractivity contribution in [3.63, 3.8) is 0 Å². The zero-order chi connectivity index (χ0) is 16.2. The van der Waals surface area contributed by atoms with Gasteiger partial charge in [-0.15, -0.1) is 0 Å². The van der Waals surface area contributed by atoms with Gasteiger partial charge in [-0.1, -0.05) is 38.3 Å². The van der Waals surface area contributed by atoms with E-state index in [1.165, 1.54) is 25.7 Å². The Morgan fingerprint density at radius 2 is 1.86 bits per heavy atom. The summed E-state index contributed by atoms with van der Waals surface area (Å²) in [5, 5.41) is 28.8. The summed E-state index contributed by atoms with van der Waals surface area (Å²) >= 11 is 0. The molecule has 3 N–H and O–H groups in total. The van der Waals surface area contributed by atoms with E-state index in [0.717, 1.165) is 19.3 Å². The van der Waals surface area contributed by atoms with Crippen molar-refractivity contribution in [2.75, 3.05) is 19.8 Å². The van der Waals surface area contributed by atoms with Crippen molar-refractivity contribution in [2.45, 2.75) is 76.3 Å². The van der Waals surface area contributed by atoms with E-state index in [1.54, 1.807) is 0 Å². The largest absolute Gasteiger partial charge is 0.388 e. The Morgan fingerprint density at radius 3 is 2.55 bits per heavy atom. The minimum absolute atomic E-state index is 0.0651. The first-order chi connectivity index (χ1) is 10.7. The summed E-state index contributed by atoms with van der Waals surface area (Å²) < 4.78 is 10.6. The highest BCUT2D eigenvalue weighted by molar-refractivity contribution is 4.87. The Kier molecular flexibility index (Phi) is 10.7. The number of aliphatic hydroxyl groups is 3. The molecule has 0 unspecified atom stereocenters. The molecule has 4 atom stereocenters. The lowest BCUT2D eigenvalue weighted by molar-refractivity contribution is -0.0813. The third-order valence-electron chi connectivity index (χ3n) is 3.89.